The first kappa shape index (κ1) is 14.7. The zero-order valence-electron chi connectivity index (χ0n) is 11.8. The highest BCUT2D eigenvalue weighted by molar-refractivity contribution is 6.33. The van der Waals surface area contributed by atoms with Crippen LogP contribution in [0.1, 0.15) is 23.4 Å². The van der Waals surface area contributed by atoms with Crippen LogP contribution in [0.3, 0.4) is 0 Å². The Bertz CT molecular complexity index is 707. The quantitative estimate of drug-likeness (QED) is 0.890. The number of halogens is 1. The number of amides is 2. The third kappa shape index (κ3) is 3.49. The molecule has 1 aliphatic carbocycles. The minimum atomic E-state index is -0.427. The van der Waals surface area contributed by atoms with Crippen molar-refractivity contribution in [1.29, 1.82) is 0 Å². The van der Waals surface area contributed by atoms with E-state index in [1.807, 2.05) is 18.2 Å². The molecule has 1 aliphatic rings. The molecule has 2 amide bonds. The fourth-order valence-corrected chi connectivity index (χ4v) is 2.25. The van der Waals surface area contributed by atoms with Crippen molar-refractivity contribution in [2.45, 2.75) is 18.9 Å². The first-order chi connectivity index (χ1) is 10.6. The van der Waals surface area contributed by atoms with Gasteiger partial charge in [0.25, 0.3) is 5.91 Å². The number of carbonyl (C=O) groups is 2. The second-order valence-corrected chi connectivity index (χ2v) is 5.58. The average molecular weight is 319 g/mol. The van der Waals surface area contributed by atoms with Crippen molar-refractivity contribution in [3.63, 3.8) is 0 Å². The molecule has 0 bridgehead atoms. The highest BCUT2D eigenvalue weighted by Crippen LogP contribution is 2.28. The number of nitrogens with one attached hydrogen (secondary N) is 2. The molecule has 0 atom stereocenters. The maximum absolute atomic E-state index is 12.0. The zero-order valence-corrected chi connectivity index (χ0v) is 12.5. The van der Waals surface area contributed by atoms with Crippen LogP contribution in [-0.2, 0) is 4.79 Å². The molecule has 0 saturated heterocycles. The van der Waals surface area contributed by atoms with E-state index >= 15 is 0 Å². The molecule has 1 saturated carbocycles. The number of hydrogen-bond acceptors (Lipinski definition) is 3. The average Bonchev–Trinajstić information content (AvgIpc) is 3.18. The lowest BCUT2D eigenvalue weighted by Crippen LogP contribution is -2.37. The van der Waals surface area contributed by atoms with Gasteiger partial charge in [0.05, 0.1) is 11.6 Å². The van der Waals surface area contributed by atoms with E-state index in [4.69, 9.17) is 16.0 Å². The van der Waals surface area contributed by atoms with Crippen molar-refractivity contribution in [1.82, 2.24) is 10.6 Å². The van der Waals surface area contributed by atoms with Gasteiger partial charge in [-0.3, -0.25) is 9.59 Å². The normalized spacial score (nSPS) is 13.7. The Morgan fingerprint density at radius 2 is 1.95 bits per heavy atom. The second kappa shape index (κ2) is 6.23. The van der Waals surface area contributed by atoms with Gasteiger partial charge in [-0.15, -0.1) is 0 Å². The SMILES string of the molecule is O=C(CNC(=O)c1ccc(-c2ccccc2Cl)o1)NC1CC1. The first-order valence-corrected chi connectivity index (χ1v) is 7.43. The highest BCUT2D eigenvalue weighted by Gasteiger charge is 2.23. The van der Waals surface area contributed by atoms with Gasteiger partial charge in [0.1, 0.15) is 5.76 Å². The molecule has 1 aromatic carbocycles. The summed E-state index contributed by atoms with van der Waals surface area (Å²) in [6.45, 7) is -0.0581. The number of carbonyl (C=O) groups excluding carboxylic acids is 2. The molecular formula is C16H15ClN2O3. The molecule has 22 heavy (non-hydrogen) atoms. The number of rotatable bonds is 5. The van der Waals surface area contributed by atoms with Gasteiger partial charge >= 0.3 is 0 Å². The van der Waals surface area contributed by atoms with Gasteiger partial charge in [0.15, 0.2) is 5.76 Å². The lowest BCUT2D eigenvalue weighted by molar-refractivity contribution is -0.120. The summed E-state index contributed by atoms with van der Waals surface area (Å²) < 4.78 is 5.51. The van der Waals surface area contributed by atoms with Crippen molar-refractivity contribution in [2.24, 2.45) is 0 Å². The zero-order chi connectivity index (χ0) is 15.5. The third-order valence-electron chi connectivity index (χ3n) is 3.32. The molecule has 5 nitrogen and oxygen atoms in total. The molecule has 0 aliphatic heterocycles. The lowest BCUT2D eigenvalue weighted by atomic mass is 10.2. The summed E-state index contributed by atoms with van der Waals surface area (Å²) in [7, 11) is 0. The van der Waals surface area contributed by atoms with Crippen LogP contribution in [0.2, 0.25) is 5.02 Å². The molecule has 1 aromatic heterocycles. The van der Waals surface area contributed by atoms with E-state index in [1.165, 1.54) is 0 Å². The Hall–Kier alpha value is -2.27. The van der Waals surface area contributed by atoms with E-state index in [-0.39, 0.29) is 24.3 Å². The van der Waals surface area contributed by atoms with Crippen molar-refractivity contribution < 1.29 is 14.0 Å². The van der Waals surface area contributed by atoms with Gasteiger partial charge in [0.2, 0.25) is 5.91 Å². The van der Waals surface area contributed by atoms with Gasteiger partial charge in [-0.1, -0.05) is 23.7 Å². The molecular weight excluding hydrogens is 304 g/mol. The molecule has 1 fully saturated rings. The molecule has 6 heteroatoms. The smallest absolute Gasteiger partial charge is 0.287 e. The Balaban J connectivity index is 1.61. The van der Waals surface area contributed by atoms with Crippen LogP contribution in [0.25, 0.3) is 11.3 Å². The van der Waals surface area contributed by atoms with Gasteiger partial charge in [-0.2, -0.15) is 0 Å². The van der Waals surface area contributed by atoms with E-state index in [1.54, 1.807) is 18.2 Å². The predicted molar refractivity (Wildman–Crippen MR) is 82.7 cm³/mol. The molecule has 0 radical (unpaired) electrons. The topological polar surface area (TPSA) is 71.3 Å². The molecule has 2 aromatic rings. The lowest BCUT2D eigenvalue weighted by Gasteiger charge is -2.04. The highest BCUT2D eigenvalue weighted by atomic mass is 35.5. The minimum absolute atomic E-state index is 0.0581. The van der Waals surface area contributed by atoms with Crippen molar-refractivity contribution in [3.8, 4) is 11.3 Å². The largest absolute Gasteiger partial charge is 0.451 e. The molecule has 1 heterocycles. The second-order valence-electron chi connectivity index (χ2n) is 5.17. The van der Waals surface area contributed by atoms with Crippen molar-refractivity contribution in [3.05, 3.63) is 47.2 Å². The standard InChI is InChI=1S/C16H15ClN2O3/c17-12-4-2-1-3-11(12)13-7-8-14(22-13)16(21)18-9-15(20)19-10-5-6-10/h1-4,7-8,10H,5-6,9H2,(H,18,21)(H,19,20). The molecule has 3 rings (SSSR count). The van der Waals surface area contributed by atoms with E-state index in [0.717, 1.165) is 18.4 Å². The summed E-state index contributed by atoms with van der Waals surface area (Å²) in [5.41, 5.74) is 0.717. The Morgan fingerprint density at radius 1 is 1.18 bits per heavy atom. The summed E-state index contributed by atoms with van der Waals surface area (Å²) >= 11 is 6.09. The van der Waals surface area contributed by atoms with Gasteiger partial charge < -0.3 is 15.1 Å². The van der Waals surface area contributed by atoms with E-state index in [0.29, 0.717) is 10.8 Å². The van der Waals surface area contributed by atoms with E-state index in [9.17, 15) is 9.59 Å². The van der Waals surface area contributed by atoms with Gasteiger partial charge in [0, 0.05) is 11.6 Å². The Morgan fingerprint density at radius 3 is 2.68 bits per heavy atom. The maximum atomic E-state index is 12.0. The van der Waals surface area contributed by atoms with Crippen LogP contribution in [-0.4, -0.2) is 24.4 Å². The summed E-state index contributed by atoms with van der Waals surface area (Å²) in [6, 6.07) is 10.7. The molecule has 2 N–H and O–H groups in total. The maximum Gasteiger partial charge on any atom is 0.287 e. The van der Waals surface area contributed by atoms with Crippen molar-refractivity contribution >= 4 is 23.4 Å². The predicted octanol–water partition coefficient (Wildman–Crippen LogP) is 2.61. The summed E-state index contributed by atoms with van der Waals surface area (Å²) in [4.78, 5) is 23.5. The number of furan rings is 1. The van der Waals surface area contributed by atoms with E-state index < -0.39 is 5.91 Å². The first-order valence-electron chi connectivity index (χ1n) is 7.06. The van der Waals surface area contributed by atoms with Crippen LogP contribution in [0.5, 0.6) is 0 Å². The number of hydrogen-bond donors (Lipinski definition) is 2. The molecule has 0 spiro atoms. The minimum Gasteiger partial charge on any atom is -0.451 e. The molecule has 114 valence electrons. The van der Waals surface area contributed by atoms with Gasteiger partial charge in [-0.05, 0) is 37.1 Å². The van der Waals surface area contributed by atoms with Crippen LogP contribution < -0.4 is 10.6 Å². The van der Waals surface area contributed by atoms with Crippen LogP contribution >= 0.6 is 11.6 Å². The number of benzene rings is 1. The van der Waals surface area contributed by atoms with Crippen LogP contribution in [0.15, 0.2) is 40.8 Å². The fourth-order valence-electron chi connectivity index (χ4n) is 2.02. The Kier molecular flexibility index (Phi) is 4.15. The van der Waals surface area contributed by atoms with Crippen LogP contribution in [0.4, 0.5) is 0 Å². The van der Waals surface area contributed by atoms with Crippen LogP contribution in [0, 0.1) is 0 Å². The molecule has 0 unspecified atom stereocenters. The monoisotopic (exact) mass is 318 g/mol. The summed E-state index contributed by atoms with van der Waals surface area (Å²) in [5, 5.41) is 5.88. The van der Waals surface area contributed by atoms with Crippen molar-refractivity contribution in [2.75, 3.05) is 6.54 Å². The Labute approximate surface area is 132 Å². The summed E-state index contributed by atoms with van der Waals surface area (Å²) in [5.74, 6) is 0.0466. The third-order valence-corrected chi connectivity index (χ3v) is 3.65. The summed E-state index contributed by atoms with van der Waals surface area (Å²) in [6.07, 6.45) is 2.03. The van der Waals surface area contributed by atoms with E-state index in [2.05, 4.69) is 10.6 Å². The fraction of sp³-hybridized carbons (Fsp3) is 0.250. The van der Waals surface area contributed by atoms with Gasteiger partial charge in [-0.25, -0.2) is 0 Å².